The highest BCUT2D eigenvalue weighted by Crippen LogP contribution is 2.32. The minimum absolute atomic E-state index is 0.00618. The number of piperazine rings is 2. The molecule has 2 atom stereocenters. The summed E-state index contributed by atoms with van der Waals surface area (Å²) in [6, 6.07) is 26.2. The third-order valence-electron chi connectivity index (χ3n) is 17.4. The van der Waals surface area contributed by atoms with Crippen LogP contribution >= 0.6 is 0 Å². The number of ether oxygens (including phenoxy) is 4. The van der Waals surface area contributed by atoms with Crippen LogP contribution in [-0.4, -0.2) is 230 Å². The molecule has 0 bridgehead atoms. The molecule has 0 saturated carbocycles. The van der Waals surface area contributed by atoms with E-state index in [4.69, 9.17) is 48.9 Å². The standard InChI is InChI=1S/C65H82N18O8/c1-44-40-78(32-38-90-44)60-71-54(69-58(73-60)76-28-34-88-35-29-76)46-8-16-50(17-9-46)67-62(86)83(53-22-14-49(15-23-53)56(84)80-25-24-66-64(3,4)42-80)82(63(87)68-51-18-10-48(11-19-51)57(85)81-27-26-75(7)65(5,6)43-81)52-20-12-47(13-21-52)55-70-59(77-30-36-89-37-31-77)74-61(72-55)79-33-39-91-45(2)41-79/h8-23,44-45,66H,24-43H2,1-7H3,(H,67,86)(H,68,87). The summed E-state index contributed by atoms with van der Waals surface area (Å²) in [6.45, 7) is 24.1. The number of urea groups is 2. The molecule has 6 saturated heterocycles. The number of rotatable bonds is 12. The molecular weight excluding hydrogens is 1160 g/mol. The van der Waals surface area contributed by atoms with Gasteiger partial charge in [-0.25, -0.2) is 9.59 Å². The quantitative estimate of drug-likeness (QED) is 0.115. The molecule has 12 rings (SSSR count). The van der Waals surface area contributed by atoms with Gasteiger partial charge < -0.3 is 64.3 Å². The molecule has 8 heterocycles. The van der Waals surface area contributed by atoms with E-state index in [1.807, 2.05) is 47.9 Å². The highest BCUT2D eigenvalue weighted by Gasteiger charge is 2.36. The normalized spacial score (nSPS) is 20.4. The van der Waals surface area contributed by atoms with Crippen LogP contribution in [-0.2, 0) is 18.9 Å². The Hall–Kier alpha value is -8.66. The Morgan fingerprint density at radius 1 is 0.484 bits per heavy atom. The van der Waals surface area contributed by atoms with Crippen molar-refractivity contribution in [3.8, 4) is 22.8 Å². The first kappa shape index (κ1) is 62.5. The number of carbonyl (C=O) groups is 4. The molecule has 2 unspecified atom stereocenters. The summed E-state index contributed by atoms with van der Waals surface area (Å²) in [7, 11) is 2.06. The summed E-state index contributed by atoms with van der Waals surface area (Å²) in [6.07, 6.45) is -0.0362. The lowest BCUT2D eigenvalue weighted by molar-refractivity contribution is 0.0311. The molecular formula is C65H82N18O8. The minimum Gasteiger partial charge on any atom is -0.378 e. The first-order valence-electron chi connectivity index (χ1n) is 31.5. The Morgan fingerprint density at radius 3 is 1.32 bits per heavy atom. The molecule has 6 amide bonds. The average Bonchev–Trinajstić information content (AvgIpc) is 1.10. The summed E-state index contributed by atoms with van der Waals surface area (Å²) < 4.78 is 23.1. The van der Waals surface area contributed by atoms with Crippen molar-refractivity contribution in [3.63, 3.8) is 0 Å². The van der Waals surface area contributed by atoms with Crippen LogP contribution in [0.3, 0.4) is 0 Å². The van der Waals surface area contributed by atoms with Crippen molar-refractivity contribution >= 4 is 70.4 Å². The van der Waals surface area contributed by atoms with Gasteiger partial charge in [-0.2, -0.15) is 39.9 Å². The predicted octanol–water partition coefficient (Wildman–Crippen LogP) is 6.20. The number of aromatic nitrogens is 6. The van der Waals surface area contributed by atoms with Crippen LogP contribution in [0.1, 0.15) is 62.3 Å². The second-order valence-corrected chi connectivity index (χ2v) is 25.2. The van der Waals surface area contributed by atoms with Crippen molar-refractivity contribution < 1.29 is 38.1 Å². The van der Waals surface area contributed by atoms with Gasteiger partial charge in [0.25, 0.3) is 11.8 Å². The number of hydrazine groups is 1. The molecule has 26 heteroatoms. The van der Waals surface area contributed by atoms with Gasteiger partial charge in [0.2, 0.25) is 23.8 Å². The molecule has 480 valence electrons. The molecule has 91 heavy (non-hydrogen) atoms. The van der Waals surface area contributed by atoms with Crippen molar-refractivity contribution in [1.82, 2.24) is 49.9 Å². The Kier molecular flexibility index (Phi) is 18.6. The monoisotopic (exact) mass is 1240 g/mol. The number of hydrogen-bond donors (Lipinski definition) is 3. The second kappa shape index (κ2) is 27.0. The summed E-state index contributed by atoms with van der Waals surface area (Å²) in [5, 5.41) is 12.1. The van der Waals surface area contributed by atoms with E-state index < -0.39 is 12.1 Å². The molecule has 0 aliphatic carbocycles. The lowest BCUT2D eigenvalue weighted by Gasteiger charge is -2.45. The smallest absolute Gasteiger partial charge is 0.345 e. The van der Waals surface area contributed by atoms with E-state index in [1.165, 1.54) is 10.0 Å². The van der Waals surface area contributed by atoms with Gasteiger partial charge in [0.15, 0.2) is 11.6 Å². The van der Waals surface area contributed by atoms with Crippen LogP contribution in [0, 0.1) is 0 Å². The first-order chi connectivity index (χ1) is 43.9. The van der Waals surface area contributed by atoms with Crippen LogP contribution in [0.4, 0.5) is 56.1 Å². The largest absolute Gasteiger partial charge is 0.378 e. The van der Waals surface area contributed by atoms with Crippen molar-refractivity contribution in [2.75, 3.05) is 179 Å². The summed E-state index contributed by atoms with van der Waals surface area (Å²) in [5.41, 5.74) is 2.99. The molecule has 0 radical (unpaired) electrons. The molecule has 6 fully saturated rings. The van der Waals surface area contributed by atoms with Gasteiger partial charge in [-0.3, -0.25) is 14.5 Å². The molecule has 3 N–H and O–H groups in total. The lowest BCUT2D eigenvalue weighted by atomic mass is 9.99. The van der Waals surface area contributed by atoms with Crippen molar-refractivity contribution in [2.45, 2.75) is 64.8 Å². The molecule has 0 spiro atoms. The third kappa shape index (κ3) is 14.6. The summed E-state index contributed by atoms with van der Waals surface area (Å²) in [5.74, 6) is 2.72. The molecule has 4 aromatic carbocycles. The minimum atomic E-state index is -0.726. The van der Waals surface area contributed by atoms with Crippen LogP contribution in [0.2, 0.25) is 0 Å². The topological polar surface area (TPSA) is 248 Å². The number of nitrogens with one attached hydrogen (secondary N) is 3. The number of hydrogen-bond acceptors (Lipinski definition) is 20. The number of anilines is 8. The van der Waals surface area contributed by atoms with Gasteiger partial charge in [0.1, 0.15) is 0 Å². The zero-order chi connectivity index (χ0) is 63.4. The fourth-order valence-corrected chi connectivity index (χ4v) is 12.0. The fourth-order valence-electron chi connectivity index (χ4n) is 12.0. The van der Waals surface area contributed by atoms with Crippen molar-refractivity contribution in [1.29, 1.82) is 0 Å². The van der Waals surface area contributed by atoms with Gasteiger partial charge in [-0.15, -0.1) is 0 Å². The van der Waals surface area contributed by atoms with Gasteiger partial charge in [-0.05, 0) is 146 Å². The molecule has 2 aromatic heterocycles. The van der Waals surface area contributed by atoms with Crippen LogP contribution in [0.25, 0.3) is 22.8 Å². The van der Waals surface area contributed by atoms with E-state index in [0.717, 1.165) is 6.54 Å². The van der Waals surface area contributed by atoms with Gasteiger partial charge in [0.05, 0.1) is 63.2 Å². The highest BCUT2D eigenvalue weighted by atomic mass is 16.5. The van der Waals surface area contributed by atoms with E-state index in [0.29, 0.717) is 194 Å². The Labute approximate surface area is 530 Å². The van der Waals surface area contributed by atoms with Crippen molar-refractivity contribution in [2.24, 2.45) is 0 Å². The Bertz CT molecular complexity index is 3550. The number of amides is 6. The number of nitrogens with zero attached hydrogens (tertiary/aromatic N) is 15. The van der Waals surface area contributed by atoms with E-state index in [1.54, 1.807) is 72.8 Å². The lowest BCUT2D eigenvalue weighted by Crippen LogP contribution is -2.58. The molecule has 6 aliphatic rings. The SMILES string of the molecule is CC1CN(c2nc(-c3ccc(NC(=O)N(c4ccc(C(=O)N5CCNC(C)(C)C5)cc4)N(C(=O)Nc4ccc(C(=O)N5CCN(C)C(C)(C)C5)cc4)c4ccc(-c5nc(N6CCOCC6)nc(N6CCOC(C)C6)n5)cc4)cc3)nc(N3CCOCC3)n2)CCO1. The molecule has 6 aromatic rings. The Balaban J connectivity index is 0.908. The molecule has 6 aliphatic heterocycles. The van der Waals surface area contributed by atoms with Gasteiger partial charge >= 0.3 is 12.1 Å². The van der Waals surface area contributed by atoms with Crippen molar-refractivity contribution in [3.05, 3.63) is 108 Å². The maximum absolute atomic E-state index is 15.6. The second-order valence-electron chi connectivity index (χ2n) is 25.2. The highest BCUT2D eigenvalue weighted by molar-refractivity contribution is 6.13. The summed E-state index contributed by atoms with van der Waals surface area (Å²) in [4.78, 5) is 103. The van der Waals surface area contributed by atoms with Gasteiger partial charge in [-0.1, -0.05) is 0 Å². The zero-order valence-corrected chi connectivity index (χ0v) is 53.0. The van der Waals surface area contributed by atoms with Crippen LogP contribution in [0.5, 0.6) is 0 Å². The van der Waals surface area contributed by atoms with Crippen LogP contribution in [0.15, 0.2) is 97.1 Å². The number of benzene rings is 4. The Morgan fingerprint density at radius 2 is 0.879 bits per heavy atom. The van der Waals surface area contributed by atoms with E-state index in [9.17, 15) is 9.59 Å². The van der Waals surface area contributed by atoms with E-state index >= 15 is 9.59 Å². The maximum Gasteiger partial charge on any atom is 0.345 e. The number of likely N-dealkylation sites (N-methyl/N-ethyl adjacent to an activating group) is 1. The zero-order valence-electron chi connectivity index (χ0n) is 53.0. The molecule has 26 nitrogen and oxygen atoms in total. The fraction of sp³-hybridized carbons (Fsp3) is 0.477. The third-order valence-corrected chi connectivity index (χ3v) is 17.4. The van der Waals surface area contributed by atoms with E-state index in [-0.39, 0.29) is 46.5 Å². The maximum atomic E-state index is 15.6. The average molecular weight is 1240 g/mol. The number of morpholine rings is 4. The summed E-state index contributed by atoms with van der Waals surface area (Å²) >= 11 is 0. The van der Waals surface area contributed by atoms with E-state index in [2.05, 4.69) is 75.2 Å². The first-order valence-corrected chi connectivity index (χ1v) is 31.5. The predicted molar refractivity (Wildman–Crippen MR) is 348 cm³/mol. The van der Waals surface area contributed by atoms with Crippen LogP contribution < -0.4 is 45.6 Å². The number of carbonyl (C=O) groups excluding carboxylic acids is 4. The van der Waals surface area contributed by atoms with Gasteiger partial charge in [0, 0.05) is 136 Å².